The quantitative estimate of drug-likeness (QED) is 0.271. The number of amides is 1. The normalized spacial score (nSPS) is 30.0. The second-order valence-electron chi connectivity index (χ2n) is 12.7. The first-order chi connectivity index (χ1) is 18.4. The van der Waals surface area contributed by atoms with Gasteiger partial charge in [-0.25, -0.2) is 4.79 Å². The van der Waals surface area contributed by atoms with E-state index < -0.39 is 45.3 Å². The molecule has 0 spiro atoms. The van der Waals surface area contributed by atoms with E-state index in [2.05, 4.69) is 4.18 Å². The smallest absolute Gasteiger partial charge is 0.444 e. The fourth-order valence-electron chi connectivity index (χ4n) is 6.03. The summed E-state index contributed by atoms with van der Waals surface area (Å²) in [6.45, 7) is 9.89. The Labute approximate surface area is 234 Å². The Morgan fingerprint density at radius 2 is 1.65 bits per heavy atom. The van der Waals surface area contributed by atoms with Gasteiger partial charge in [-0.1, -0.05) is 30.3 Å². The van der Waals surface area contributed by atoms with E-state index in [4.69, 9.17) is 14.2 Å². The lowest BCUT2D eigenvalue weighted by Gasteiger charge is -2.40. The van der Waals surface area contributed by atoms with Crippen LogP contribution in [0.3, 0.4) is 0 Å². The zero-order valence-corrected chi connectivity index (χ0v) is 24.5. The summed E-state index contributed by atoms with van der Waals surface area (Å²) in [5.74, 6) is -0.714. The van der Waals surface area contributed by atoms with Crippen molar-refractivity contribution in [2.75, 3.05) is 13.1 Å². The molecule has 3 fully saturated rings. The van der Waals surface area contributed by atoms with E-state index in [1.54, 1.807) is 18.7 Å². The highest BCUT2D eigenvalue weighted by Crippen LogP contribution is 2.49. The molecule has 1 amide bonds. The predicted octanol–water partition coefficient (Wildman–Crippen LogP) is 5.66. The maximum absolute atomic E-state index is 13.0. The summed E-state index contributed by atoms with van der Waals surface area (Å²) in [5.41, 5.74) is -4.99. The monoisotopic (exact) mass is 591 g/mol. The molecule has 2 aliphatic carbocycles. The van der Waals surface area contributed by atoms with Crippen LogP contribution >= 0.6 is 0 Å². The third-order valence-electron chi connectivity index (χ3n) is 7.68. The maximum atomic E-state index is 13.0. The van der Waals surface area contributed by atoms with Crippen LogP contribution in [0.2, 0.25) is 0 Å². The first-order valence-corrected chi connectivity index (χ1v) is 15.2. The number of carbonyl (C=O) groups is 1. The lowest BCUT2D eigenvalue weighted by molar-refractivity contribution is -0.166. The van der Waals surface area contributed by atoms with Gasteiger partial charge in [0, 0.05) is 13.1 Å². The molecule has 0 unspecified atom stereocenters. The van der Waals surface area contributed by atoms with Crippen molar-refractivity contribution < 1.29 is 44.8 Å². The number of nitrogens with zero attached hydrogens (tertiary/aromatic N) is 1. The fraction of sp³-hybridized carbons (Fsp3) is 0.750. The summed E-state index contributed by atoms with van der Waals surface area (Å²) in [5, 5.41) is 0. The van der Waals surface area contributed by atoms with Crippen molar-refractivity contribution in [1.82, 2.24) is 4.90 Å². The van der Waals surface area contributed by atoms with Crippen LogP contribution in [-0.4, -0.2) is 67.7 Å². The number of fused-ring (bicyclic) bond motifs is 1. The van der Waals surface area contributed by atoms with Gasteiger partial charge in [0.2, 0.25) is 0 Å². The maximum Gasteiger partial charge on any atom is 0.523 e. The Morgan fingerprint density at radius 3 is 2.25 bits per heavy atom. The first kappa shape index (κ1) is 31.1. The van der Waals surface area contributed by atoms with E-state index >= 15 is 0 Å². The van der Waals surface area contributed by atoms with Gasteiger partial charge in [0.05, 0.1) is 6.10 Å². The SMILES string of the molecule is CC(C)(C)OC(=O)N(CCc1ccccc1)CC1CC(C[C@H]2C[C@H](OS(=O)(=O)C(F)(F)F)[C@@H]3OC(C)(C)O[C@H]23)C1. The molecule has 2 saturated carbocycles. The van der Waals surface area contributed by atoms with Gasteiger partial charge in [-0.3, -0.25) is 4.18 Å². The summed E-state index contributed by atoms with van der Waals surface area (Å²) in [6, 6.07) is 9.92. The molecule has 8 nitrogen and oxygen atoms in total. The fourth-order valence-corrected chi connectivity index (χ4v) is 6.65. The Kier molecular flexibility index (Phi) is 8.86. The first-order valence-electron chi connectivity index (χ1n) is 13.8. The van der Waals surface area contributed by atoms with E-state index in [9.17, 15) is 26.4 Å². The minimum absolute atomic E-state index is 0.100. The minimum Gasteiger partial charge on any atom is -0.444 e. The van der Waals surface area contributed by atoms with Crippen molar-refractivity contribution in [3.8, 4) is 0 Å². The van der Waals surface area contributed by atoms with Crippen LogP contribution in [0, 0.1) is 17.8 Å². The number of benzene rings is 1. The highest BCUT2D eigenvalue weighted by molar-refractivity contribution is 7.87. The number of rotatable bonds is 9. The number of hydrogen-bond donors (Lipinski definition) is 0. The van der Waals surface area contributed by atoms with Gasteiger partial charge in [0.25, 0.3) is 0 Å². The highest BCUT2D eigenvalue weighted by atomic mass is 32.2. The van der Waals surface area contributed by atoms with Gasteiger partial charge in [0.1, 0.15) is 17.8 Å². The van der Waals surface area contributed by atoms with Crippen molar-refractivity contribution in [3.05, 3.63) is 35.9 Å². The van der Waals surface area contributed by atoms with Crippen LogP contribution in [0.5, 0.6) is 0 Å². The Balaban J connectivity index is 1.34. The topological polar surface area (TPSA) is 91.4 Å². The molecule has 40 heavy (non-hydrogen) atoms. The summed E-state index contributed by atoms with van der Waals surface area (Å²) in [6.07, 6.45) is 0.0824. The second-order valence-corrected chi connectivity index (χ2v) is 14.3. The molecule has 12 heteroatoms. The zero-order chi connectivity index (χ0) is 29.5. The molecular formula is C28H40F3NO7S. The molecule has 0 N–H and O–H groups in total. The number of halogens is 3. The van der Waals surface area contributed by atoms with E-state index in [0.29, 0.717) is 25.9 Å². The molecule has 1 aliphatic heterocycles. The second kappa shape index (κ2) is 11.4. The molecule has 0 aromatic heterocycles. The van der Waals surface area contributed by atoms with Crippen LogP contribution in [0.25, 0.3) is 0 Å². The number of carbonyl (C=O) groups excluding carboxylic acids is 1. The van der Waals surface area contributed by atoms with Gasteiger partial charge in [0.15, 0.2) is 5.79 Å². The standard InChI is InChI=1S/C28H40F3NO7S/c1-26(2,3)38-25(33)32(12-11-18-9-7-6-8-10-18)17-20-13-19(14-20)15-21-16-22(39-40(34,35)28(29,30)31)24-23(21)36-27(4,5)37-24/h6-10,19-24H,11-17H2,1-5H3/t19?,20?,21-,22-,23+,24-/m0/s1. The number of ether oxygens (including phenoxy) is 3. The molecule has 226 valence electrons. The summed E-state index contributed by atoms with van der Waals surface area (Å²) < 4.78 is 84.4. The van der Waals surface area contributed by atoms with Crippen molar-refractivity contribution in [2.24, 2.45) is 17.8 Å². The average molecular weight is 592 g/mol. The van der Waals surface area contributed by atoms with Crippen LogP contribution in [0.15, 0.2) is 30.3 Å². The zero-order valence-electron chi connectivity index (χ0n) is 23.6. The summed E-state index contributed by atoms with van der Waals surface area (Å²) in [4.78, 5) is 14.7. The van der Waals surface area contributed by atoms with Crippen LogP contribution in [0.4, 0.5) is 18.0 Å². The molecule has 0 bridgehead atoms. The van der Waals surface area contributed by atoms with Crippen molar-refractivity contribution in [2.45, 2.75) is 102 Å². The van der Waals surface area contributed by atoms with E-state index in [0.717, 1.165) is 18.4 Å². The van der Waals surface area contributed by atoms with Gasteiger partial charge in [-0.05, 0) is 90.0 Å². The Bertz CT molecular complexity index is 1130. The van der Waals surface area contributed by atoms with Crippen LogP contribution in [0.1, 0.15) is 65.9 Å². The van der Waals surface area contributed by atoms with Crippen LogP contribution in [-0.2, 0) is 34.9 Å². The molecule has 4 atom stereocenters. The predicted molar refractivity (Wildman–Crippen MR) is 141 cm³/mol. The van der Waals surface area contributed by atoms with Gasteiger partial charge in [-0.15, -0.1) is 0 Å². The lowest BCUT2D eigenvalue weighted by Crippen LogP contribution is -2.43. The number of alkyl halides is 3. The van der Waals surface area contributed by atoms with Crippen molar-refractivity contribution in [1.29, 1.82) is 0 Å². The van der Waals surface area contributed by atoms with Gasteiger partial charge in [-0.2, -0.15) is 21.6 Å². The van der Waals surface area contributed by atoms with Gasteiger partial charge < -0.3 is 19.1 Å². The van der Waals surface area contributed by atoms with Crippen molar-refractivity contribution in [3.63, 3.8) is 0 Å². The van der Waals surface area contributed by atoms with E-state index in [1.807, 2.05) is 51.1 Å². The van der Waals surface area contributed by atoms with Crippen molar-refractivity contribution >= 4 is 16.2 Å². The largest absolute Gasteiger partial charge is 0.523 e. The molecular weight excluding hydrogens is 551 g/mol. The molecule has 4 rings (SSSR count). The van der Waals surface area contributed by atoms with E-state index in [-0.39, 0.29) is 30.3 Å². The lowest BCUT2D eigenvalue weighted by atomic mass is 9.70. The Morgan fingerprint density at radius 1 is 1.02 bits per heavy atom. The average Bonchev–Trinajstić information content (AvgIpc) is 3.26. The van der Waals surface area contributed by atoms with Gasteiger partial charge >= 0.3 is 21.7 Å². The summed E-state index contributed by atoms with van der Waals surface area (Å²) in [7, 11) is -5.75. The third kappa shape index (κ3) is 7.68. The molecule has 1 aromatic rings. The summed E-state index contributed by atoms with van der Waals surface area (Å²) >= 11 is 0. The molecule has 1 aromatic carbocycles. The third-order valence-corrected chi connectivity index (χ3v) is 8.74. The number of hydrogen-bond acceptors (Lipinski definition) is 7. The Hall–Kier alpha value is -1.89. The minimum atomic E-state index is -5.75. The molecule has 1 saturated heterocycles. The highest BCUT2D eigenvalue weighted by Gasteiger charge is 2.58. The van der Waals surface area contributed by atoms with Crippen LogP contribution < -0.4 is 0 Å². The van der Waals surface area contributed by atoms with E-state index in [1.165, 1.54) is 0 Å². The molecule has 0 radical (unpaired) electrons. The molecule has 1 heterocycles. The molecule has 3 aliphatic rings.